The van der Waals surface area contributed by atoms with Gasteiger partial charge in [0.25, 0.3) is 0 Å². The Kier molecular flexibility index (Phi) is 2.46. The van der Waals surface area contributed by atoms with Gasteiger partial charge in [-0.05, 0) is 26.8 Å². The fourth-order valence-electron chi connectivity index (χ4n) is 1.95. The summed E-state index contributed by atoms with van der Waals surface area (Å²) < 4.78 is 3.62. The van der Waals surface area contributed by atoms with Gasteiger partial charge in [-0.15, -0.1) is 0 Å². The van der Waals surface area contributed by atoms with Crippen molar-refractivity contribution < 1.29 is 0 Å². The molecular weight excluding hydrogens is 178 g/mol. The Morgan fingerprint density at radius 2 is 2.29 bits per heavy atom. The Morgan fingerprint density at radius 3 is 2.79 bits per heavy atom. The van der Waals surface area contributed by atoms with Gasteiger partial charge < -0.3 is 5.32 Å². The number of aromatic nitrogens is 2. The Hall–Kier alpha value is -1.03. The van der Waals surface area contributed by atoms with Crippen molar-refractivity contribution in [3.05, 3.63) is 22.9 Å². The van der Waals surface area contributed by atoms with Crippen molar-refractivity contribution in [2.24, 2.45) is 0 Å². The van der Waals surface area contributed by atoms with Crippen LogP contribution in [-0.4, -0.2) is 22.2 Å². The molecule has 1 aromatic rings. The van der Waals surface area contributed by atoms with Crippen LogP contribution in [-0.2, 0) is 0 Å². The third kappa shape index (κ3) is 1.50. The molecular formula is C10H17N3O. The van der Waals surface area contributed by atoms with Crippen LogP contribution in [0.5, 0.6) is 0 Å². The molecule has 2 rings (SSSR count). The summed E-state index contributed by atoms with van der Waals surface area (Å²) in [5, 5.41) is 3.27. The summed E-state index contributed by atoms with van der Waals surface area (Å²) in [7, 11) is 0. The van der Waals surface area contributed by atoms with Crippen LogP contribution in [0.3, 0.4) is 0 Å². The first kappa shape index (κ1) is 9.52. The molecule has 0 bridgehead atoms. The molecule has 0 spiro atoms. The molecule has 14 heavy (non-hydrogen) atoms. The van der Waals surface area contributed by atoms with Crippen LogP contribution in [0.1, 0.15) is 32.4 Å². The highest BCUT2D eigenvalue weighted by Crippen LogP contribution is 2.13. The Morgan fingerprint density at radius 1 is 1.50 bits per heavy atom. The van der Waals surface area contributed by atoms with Crippen molar-refractivity contribution in [3.8, 4) is 0 Å². The first-order chi connectivity index (χ1) is 6.70. The molecule has 2 heterocycles. The lowest BCUT2D eigenvalue weighted by Gasteiger charge is -2.09. The topological polar surface area (TPSA) is 39.0 Å². The molecule has 4 nitrogen and oxygen atoms in total. The van der Waals surface area contributed by atoms with E-state index in [0.29, 0.717) is 6.04 Å². The number of hydrogen-bond donors (Lipinski definition) is 1. The van der Waals surface area contributed by atoms with Crippen LogP contribution in [0.4, 0.5) is 0 Å². The van der Waals surface area contributed by atoms with Gasteiger partial charge in [-0.2, -0.15) is 0 Å². The molecule has 1 unspecified atom stereocenters. The van der Waals surface area contributed by atoms with Crippen molar-refractivity contribution in [2.45, 2.75) is 32.4 Å². The van der Waals surface area contributed by atoms with Gasteiger partial charge in [-0.1, -0.05) is 0 Å². The van der Waals surface area contributed by atoms with E-state index >= 15 is 0 Å². The van der Waals surface area contributed by atoms with E-state index in [2.05, 4.69) is 5.32 Å². The monoisotopic (exact) mass is 195 g/mol. The van der Waals surface area contributed by atoms with Gasteiger partial charge in [0.1, 0.15) is 0 Å². The van der Waals surface area contributed by atoms with Crippen LogP contribution in [0.15, 0.2) is 17.2 Å². The van der Waals surface area contributed by atoms with Crippen molar-refractivity contribution >= 4 is 0 Å². The molecule has 1 saturated heterocycles. The first-order valence-corrected chi connectivity index (χ1v) is 5.20. The summed E-state index contributed by atoms with van der Waals surface area (Å²) in [5.41, 5.74) is 0.119. The largest absolute Gasteiger partial charge is 0.328 e. The molecule has 1 aliphatic heterocycles. The molecule has 1 atom stereocenters. The number of nitrogens with one attached hydrogen (secondary N) is 1. The molecule has 1 aromatic heterocycles. The Bertz CT molecular complexity index is 358. The molecule has 0 aromatic carbocycles. The zero-order valence-corrected chi connectivity index (χ0v) is 8.73. The van der Waals surface area contributed by atoms with Crippen molar-refractivity contribution in [1.29, 1.82) is 0 Å². The van der Waals surface area contributed by atoms with E-state index in [1.165, 1.54) is 0 Å². The van der Waals surface area contributed by atoms with Gasteiger partial charge in [0.2, 0.25) is 0 Å². The fraction of sp³-hybridized carbons (Fsp3) is 0.700. The molecule has 0 amide bonds. The second kappa shape index (κ2) is 3.61. The van der Waals surface area contributed by atoms with Crippen LogP contribution in [0.2, 0.25) is 0 Å². The van der Waals surface area contributed by atoms with Crippen LogP contribution < -0.4 is 11.0 Å². The predicted octanol–water partition coefficient (Wildman–Crippen LogP) is 0.765. The van der Waals surface area contributed by atoms with Crippen molar-refractivity contribution in [2.75, 3.05) is 13.1 Å². The molecule has 0 saturated carbocycles. The minimum atomic E-state index is 0.119. The normalized spacial score (nSPS) is 22.1. The quantitative estimate of drug-likeness (QED) is 0.757. The smallest absolute Gasteiger partial charge is 0.315 e. The van der Waals surface area contributed by atoms with Crippen LogP contribution >= 0.6 is 0 Å². The van der Waals surface area contributed by atoms with Crippen LogP contribution in [0.25, 0.3) is 0 Å². The van der Waals surface area contributed by atoms with Gasteiger partial charge in [0.05, 0.1) is 6.04 Å². The summed E-state index contributed by atoms with van der Waals surface area (Å²) >= 11 is 0. The summed E-state index contributed by atoms with van der Waals surface area (Å²) in [6.45, 7) is 5.99. The van der Waals surface area contributed by atoms with Gasteiger partial charge in [-0.25, -0.2) is 4.79 Å². The van der Waals surface area contributed by atoms with E-state index in [4.69, 9.17) is 0 Å². The van der Waals surface area contributed by atoms with E-state index in [1.54, 1.807) is 4.57 Å². The maximum absolute atomic E-state index is 11.9. The standard InChI is InChI=1S/C10H17N3O/c1-8(2)12-5-6-13(10(12)14)9-3-4-11-7-9/h5-6,8-9,11H,3-4,7H2,1-2H3. The Balaban J connectivity index is 2.31. The molecule has 4 heteroatoms. The zero-order chi connectivity index (χ0) is 10.1. The lowest BCUT2D eigenvalue weighted by molar-refractivity contribution is 0.495. The van der Waals surface area contributed by atoms with E-state index in [-0.39, 0.29) is 11.7 Å². The summed E-state index contributed by atoms with van der Waals surface area (Å²) in [6, 6.07) is 0.598. The van der Waals surface area contributed by atoms with Crippen LogP contribution in [0, 0.1) is 0 Å². The third-order valence-corrected chi connectivity index (χ3v) is 2.81. The molecule has 1 fully saturated rings. The van der Waals surface area contributed by atoms with E-state index in [1.807, 2.05) is 30.8 Å². The summed E-state index contributed by atoms with van der Waals surface area (Å²) in [4.78, 5) is 11.9. The first-order valence-electron chi connectivity index (χ1n) is 5.20. The third-order valence-electron chi connectivity index (χ3n) is 2.81. The molecule has 1 N–H and O–H groups in total. The van der Waals surface area contributed by atoms with E-state index in [0.717, 1.165) is 19.5 Å². The molecule has 1 aliphatic rings. The van der Waals surface area contributed by atoms with Crippen molar-refractivity contribution in [3.63, 3.8) is 0 Å². The fourth-order valence-corrected chi connectivity index (χ4v) is 1.95. The zero-order valence-electron chi connectivity index (χ0n) is 8.73. The van der Waals surface area contributed by atoms with Gasteiger partial charge >= 0.3 is 5.69 Å². The Labute approximate surface area is 83.5 Å². The molecule has 0 aliphatic carbocycles. The highest BCUT2D eigenvalue weighted by atomic mass is 16.1. The van der Waals surface area contributed by atoms with E-state index in [9.17, 15) is 4.79 Å². The number of hydrogen-bond acceptors (Lipinski definition) is 2. The SMILES string of the molecule is CC(C)n1ccn(C2CCNC2)c1=O. The minimum Gasteiger partial charge on any atom is -0.315 e. The second-order valence-corrected chi connectivity index (χ2v) is 4.14. The highest BCUT2D eigenvalue weighted by Gasteiger charge is 2.19. The average molecular weight is 195 g/mol. The maximum atomic E-state index is 11.9. The van der Waals surface area contributed by atoms with E-state index < -0.39 is 0 Å². The highest BCUT2D eigenvalue weighted by molar-refractivity contribution is 4.90. The maximum Gasteiger partial charge on any atom is 0.328 e. The summed E-state index contributed by atoms with van der Waals surface area (Å²) in [6.07, 6.45) is 4.84. The molecule has 0 radical (unpaired) electrons. The lowest BCUT2D eigenvalue weighted by Crippen LogP contribution is -2.29. The number of rotatable bonds is 2. The average Bonchev–Trinajstić information content (AvgIpc) is 2.71. The van der Waals surface area contributed by atoms with Gasteiger partial charge in [0, 0.05) is 25.0 Å². The number of nitrogens with zero attached hydrogens (tertiary/aromatic N) is 2. The minimum absolute atomic E-state index is 0.119. The summed E-state index contributed by atoms with van der Waals surface area (Å²) in [5.74, 6) is 0. The van der Waals surface area contributed by atoms with Crippen molar-refractivity contribution in [1.82, 2.24) is 14.5 Å². The lowest BCUT2D eigenvalue weighted by atomic mass is 10.3. The predicted molar refractivity (Wildman–Crippen MR) is 55.6 cm³/mol. The number of imidazole rings is 1. The van der Waals surface area contributed by atoms with Gasteiger partial charge in [-0.3, -0.25) is 9.13 Å². The van der Waals surface area contributed by atoms with Gasteiger partial charge in [0.15, 0.2) is 0 Å². The second-order valence-electron chi connectivity index (χ2n) is 4.14. The molecule has 78 valence electrons.